The van der Waals surface area contributed by atoms with Gasteiger partial charge in [-0.1, -0.05) is 30.3 Å². The van der Waals surface area contributed by atoms with E-state index in [-0.39, 0.29) is 0 Å². The van der Waals surface area contributed by atoms with Gasteiger partial charge in [-0.05, 0) is 30.4 Å². The summed E-state index contributed by atoms with van der Waals surface area (Å²) < 4.78 is 13.5. The quantitative estimate of drug-likeness (QED) is 0.528. The lowest BCUT2D eigenvalue weighted by atomic mass is 10.1. The predicted molar refractivity (Wildman–Crippen MR) is 111 cm³/mol. The molecule has 0 aliphatic carbocycles. The topological polar surface area (TPSA) is 61.0 Å². The first-order chi connectivity index (χ1) is 14.2. The fourth-order valence-corrected chi connectivity index (χ4v) is 4.25. The van der Waals surface area contributed by atoms with E-state index in [4.69, 9.17) is 21.7 Å². The number of fused-ring (bicyclic) bond motifs is 1. The Morgan fingerprint density at radius 2 is 1.72 bits per heavy atom. The number of hydrogen-bond acceptors (Lipinski definition) is 4. The van der Waals surface area contributed by atoms with Crippen LogP contribution >= 0.6 is 12.2 Å². The van der Waals surface area contributed by atoms with Gasteiger partial charge in [0.25, 0.3) is 0 Å². The fourth-order valence-electron chi connectivity index (χ4n) is 4.04. The van der Waals surface area contributed by atoms with Crippen LogP contribution in [0.2, 0.25) is 0 Å². The van der Waals surface area contributed by atoms with Crippen LogP contribution in [0.5, 0.6) is 11.5 Å². The summed E-state index contributed by atoms with van der Waals surface area (Å²) in [6, 6.07) is 16.4. The maximum atomic E-state index is 5.50. The van der Waals surface area contributed by atoms with Gasteiger partial charge in [0.1, 0.15) is 32.7 Å². The number of benzene rings is 2. The van der Waals surface area contributed by atoms with E-state index in [1.54, 1.807) is 4.90 Å². The molecule has 0 amide bonds. The Labute approximate surface area is 174 Å². The molecule has 3 aromatic rings. The molecule has 0 saturated carbocycles. The number of nitrogens with zero attached hydrogens (tertiary/aromatic N) is 2. The summed E-state index contributed by atoms with van der Waals surface area (Å²) in [6.45, 7) is 6.67. The molecule has 1 saturated heterocycles. The number of rotatable bonds is 5. The van der Waals surface area contributed by atoms with Crippen LogP contribution in [0.3, 0.4) is 0 Å². The van der Waals surface area contributed by atoms with Crippen LogP contribution in [0.15, 0.2) is 48.5 Å². The smallest absolute Gasteiger partial charge is 0.231 e. The van der Waals surface area contributed by atoms with Crippen molar-refractivity contribution in [1.82, 2.24) is 14.8 Å². The zero-order valence-electron chi connectivity index (χ0n) is 16.2. The van der Waals surface area contributed by atoms with E-state index >= 15 is 0 Å². The zero-order valence-corrected chi connectivity index (χ0v) is 17.0. The van der Waals surface area contributed by atoms with E-state index < -0.39 is 0 Å². The Bertz CT molecular complexity index is 1040. The first-order valence-electron chi connectivity index (χ1n) is 10.0. The number of ether oxygens (including phenoxy) is 2. The lowest BCUT2D eigenvalue weighted by Crippen LogP contribution is -3.27. The van der Waals surface area contributed by atoms with Crippen LogP contribution in [0.1, 0.15) is 5.56 Å². The van der Waals surface area contributed by atoms with Gasteiger partial charge in [0.05, 0.1) is 0 Å². The van der Waals surface area contributed by atoms with Crippen molar-refractivity contribution in [2.75, 3.05) is 33.0 Å². The lowest BCUT2D eigenvalue weighted by Gasteiger charge is -2.29. The number of aromatic amines is 1. The van der Waals surface area contributed by atoms with Crippen molar-refractivity contribution >= 4 is 12.2 Å². The zero-order chi connectivity index (χ0) is 19.6. The summed E-state index contributed by atoms with van der Waals surface area (Å²) in [5.74, 6) is 2.56. The highest BCUT2D eigenvalue weighted by Crippen LogP contribution is 2.32. The highest BCUT2D eigenvalue weighted by Gasteiger charge is 2.24. The Morgan fingerprint density at radius 3 is 2.55 bits per heavy atom. The molecule has 0 unspecified atom stereocenters. The minimum absolute atomic E-state index is 0.329. The van der Waals surface area contributed by atoms with E-state index in [9.17, 15) is 0 Å². The van der Waals surface area contributed by atoms with Crippen molar-refractivity contribution < 1.29 is 19.3 Å². The standard InChI is InChI=1S/C21H23N5O2S/c29-21-22-20(17-4-2-1-3-5-17)23-26(21)14-25-10-8-24(9-11-25)13-16-6-7-18-19(12-16)28-15-27-18/h1-7,12H,8-11,13-15H2,(H,22,23,29)/p+2. The number of H-pyrrole nitrogens is 1. The van der Waals surface area contributed by atoms with Gasteiger partial charge in [-0.3, -0.25) is 5.10 Å². The normalized spacial score (nSPS) is 20.7. The third-order valence-electron chi connectivity index (χ3n) is 5.66. The Morgan fingerprint density at radius 1 is 0.966 bits per heavy atom. The summed E-state index contributed by atoms with van der Waals surface area (Å²) in [7, 11) is 0. The average Bonchev–Trinajstić information content (AvgIpc) is 3.36. The summed E-state index contributed by atoms with van der Waals surface area (Å²) >= 11 is 5.47. The van der Waals surface area contributed by atoms with Crippen LogP contribution in [0.25, 0.3) is 11.4 Å². The second-order valence-electron chi connectivity index (χ2n) is 7.67. The number of quaternary nitrogens is 2. The molecule has 3 N–H and O–H groups in total. The molecule has 0 bridgehead atoms. The maximum absolute atomic E-state index is 5.50. The maximum Gasteiger partial charge on any atom is 0.231 e. The van der Waals surface area contributed by atoms with Gasteiger partial charge >= 0.3 is 0 Å². The first-order valence-corrected chi connectivity index (χ1v) is 10.4. The van der Waals surface area contributed by atoms with Crippen molar-refractivity contribution in [3.8, 4) is 22.9 Å². The summed E-state index contributed by atoms with van der Waals surface area (Å²) in [5.41, 5.74) is 2.36. The molecular formula is C21H25N5O2S+2. The summed E-state index contributed by atoms with van der Waals surface area (Å²) in [4.78, 5) is 7.66. The van der Waals surface area contributed by atoms with Crippen molar-refractivity contribution in [2.24, 2.45) is 0 Å². The van der Waals surface area contributed by atoms with Crippen molar-refractivity contribution in [1.29, 1.82) is 0 Å². The van der Waals surface area contributed by atoms with Crippen molar-refractivity contribution in [2.45, 2.75) is 13.2 Å². The second kappa shape index (κ2) is 7.98. The Hall–Kier alpha value is -2.68. The predicted octanol–water partition coefficient (Wildman–Crippen LogP) is 0.277. The van der Waals surface area contributed by atoms with Gasteiger partial charge in [0, 0.05) is 11.1 Å². The molecule has 1 aromatic heterocycles. The minimum Gasteiger partial charge on any atom is -0.454 e. The number of aromatic nitrogens is 3. The number of piperazine rings is 1. The highest BCUT2D eigenvalue weighted by molar-refractivity contribution is 7.71. The van der Waals surface area contributed by atoms with Crippen LogP contribution in [-0.2, 0) is 13.2 Å². The molecule has 7 nitrogen and oxygen atoms in total. The van der Waals surface area contributed by atoms with Crippen molar-refractivity contribution in [3.05, 3.63) is 58.9 Å². The van der Waals surface area contributed by atoms with Gasteiger partial charge in [-0.25, -0.2) is 4.68 Å². The fraction of sp³-hybridized carbons (Fsp3) is 0.333. The molecule has 29 heavy (non-hydrogen) atoms. The summed E-state index contributed by atoms with van der Waals surface area (Å²) in [5, 5.41) is 3.37. The average molecular weight is 412 g/mol. The van der Waals surface area contributed by atoms with E-state index in [1.807, 2.05) is 41.1 Å². The van der Waals surface area contributed by atoms with Crippen LogP contribution in [0.4, 0.5) is 0 Å². The van der Waals surface area contributed by atoms with Gasteiger partial charge in [0.2, 0.25) is 11.6 Å². The Kier molecular flexibility index (Phi) is 5.05. The molecule has 8 heteroatoms. The molecule has 5 rings (SSSR count). The Balaban J connectivity index is 1.17. The molecule has 3 heterocycles. The van der Waals surface area contributed by atoms with E-state index in [0.29, 0.717) is 11.6 Å². The third kappa shape index (κ3) is 4.05. The molecular weight excluding hydrogens is 386 g/mol. The van der Waals surface area contributed by atoms with Gasteiger partial charge in [-0.15, -0.1) is 0 Å². The van der Waals surface area contributed by atoms with Gasteiger partial charge < -0.3 is 19.3 Å². The molecule has 2 aromatic carbocycles. The number of nitrogens with one attached hydrogen (secondary N) is 3. The highest BCUT2D eigenvalue weighted by atomic mass is 32.1. The lowest BCUT2D eigenvalue weighted by molar-refractivity contribution is -1.03. The molecule has 2 aliphatic heterocycles. The van der Waals surface area contributed by atoms with E-state index in [0.717, 1.165) is 62.3 Å². The molecule has 1 fully saturated rings. The molecule has 0 radical (unpaired) electrons. The van der Waals surface area contributed by atoms with Gasteiger partial charge in [-0.2, -0.15) is 4.98 Å². The SMILES string of the molecule is S=c1nc(-c2ccccc2)[nH]n1C[NH+]1CC[NH+](Cc2ccc3c(c2)OCO3)CC1. The van der Waals surface area contributed by atoms with Crippen molar-refractivity contribution in [3.63, 3.8) is 0 Å². The van der Waals surface area contributed by atoms with Crippen LogP contribution in [0, 0.1) is 4.77 Å². The molecule has 0 spiro atoms. The number of hydrogen-bond donors (Lipinski definition) is 3. The molecule has 0 atom stereocenters. The van der Waals surface area contributed by atoms with E-state index in [1.165, 1.54) is 10.5 Å². The third-order valence-corrected chi connectivity index (χ3v) is 5.98. The molecule has 2 aliphatic rings. The molecule has 150 valence electrons. The van der Waals surface area contributed by atoms with E-state index in [2.05, 4.69) is 22.2 Å². The summed E-state index contributed by atoms with van der Waals surface area (Å²) in [6.07, 6.45) is 0. The first kappa shape index (κ1) is 18.4. The second-order valence-corrected chi connectivity index (χ2v) is 8.04. The van der Waals surface area contributed by atoms with Crippen LogP contribution in [-0.4, -0.2) is 47.7 Å². The van der Waals surface area contributed by atoms with Crippen LogP contribution < -0.4 is 19.3 Å². The van der Waals surface area contributed by atoms with Gasteiger partial charge in [0.15, 0.2) is 24.0 Å². The minimum atomic E-state index is 0.329. The monoisotopic (exact) mass is 411 g/mol. The largest absolute Gasteiger partial charge is 0.454 e.